The van der Waals surface area contributed by atoms with Gasteiger partial charge in [0.1, 0.15) is 5.82 Å². The number of esters is 1. The lowest BCUT2D eigenvalue weighted by Gasteiger charge is -2.15. The molecule has 7 nitrogen and oxygen atoms in total. The van der Waals surface area contributed by atoms with E-state index in [1.165, 1.54) is 37.3 Å². The highest BCUT2D eigenvalue weighted by molar-refractivity contribution is 7.92. The number of aryl methyl sites for hydroxylation is 1. The lowest BCUT2D eigenvalue weighted by atomic mass is 10.1. The number of sulfonamides is 1. The van der Waals surface area contributed by atoms with Crippen molar-refractivity contribution in [2.24, 2.45) is 0 Å². The third kappa shape index (κ3) is 5.32. The third-order valence-electron chi connectivity index (χ3n) is 4.41. The van der Waals surface area contributed by atoms with Crippen LogP contribution in [-0.4, -0.2) is 32.4 Å². The normalized spacial score (nSPS) is 14.7. The molecule has 0 unspecified atom stereocenters. The van der Waals surface area contributed by atoms with Crippen molar-refractivity contribution < 1.29 is 27.1 Å². The van der Waals surface area contributed by atoms with Crippen molar-refractivity contribution in [3.05, 3.63) is 59.4 Å². The first-order chi connectivity index (χ1) is 13.7. The van der Waals surface area contributed by atoms with Gasteiger partial charge in [-0.15, -0.1) is 0 Å². The molecule has 0 radical (unpaired) electrons. The van der Waals surface area contributed by atoms with Crippen LogP contribution in [0.5, 0.6) is 0 Å². The van der Waals surface area contributed by atoms with Gasteiger partial charge in [0.05, 0.1) is 10.5 Å². The summed E-state index contributed by atoms with van der Waals surface area (Å²) in [6, 6.07) is 8.98. The number of hydrogen-bond donors (Lipinski definition) is 2. The highest BCUT2D eigenvalue weighted by Gasteiger charge is 2.28. The molecule has 154 valence electrons. The van der Waals surface area contributed by atoms with Crippen molar-refractivity contribution in [3.63, 3.8) is 0 Å². The highest BCUT2D eigenvalue weighted by atomic mass is 32.2. The second kappa shape index (κ2) is 8.20. The first-order valence-electron chi connectivity index (χ1n) is 9.06. The molecule has 9 heteroatoms. The molecule has 0 saturated heterocycles. The molecular weight excluding hydrogens is 399 g/mol. The Balaban J connectivity index is 1.76. The summed E-state index contributed by atoms with van der Waals surface area (Å²) in [5.74, 6) is -1.67. The summed E-state index contributed by atoms with van der Waals surface area (Å²) >= 11 is 0. The van der Waals surface area contributed by atoms with Crippen LogP contribution in [0.2, 0.25) is 0 Å². The Bertz CT molecular complexity index is 1030. The molecule has 0 aliphatic heterocycles. The van der Waals surface area contributed by atoms with Crippen LogP contribution < -0.4 is 10.0 Å². The fourth-order valence-corrected chi connectivity index (χ4v) is 3.63. The van der Waals surface area contributed by atoms with Crippen molar-refractivity contribution in [1.82, 2.24) is 5.32 Å². The minimum absolute atomic E-state index is 0.0399. The Morgan fingerprint density at radius 1 is 1.14 bits per heavy atom. The van der Waals surface area contributed by atoms with Gasteiger partial charge in [0.25, 0.3) is 15.9 Å². The maximum Gasteiger partial charge on any atom is 0.339 e. The lowest BCUT2D eigenvalue weighted by Crippen LogP contribution is -2.37. The van der Waals surface area contributed by atoms with Gasteiger partial charge >= 0.3 is 5.97 Å². The second-order valence-electron chi connectivity index (χ2n) is 6.92. The first-order valence-corrected chi connectivity index (χ1v) is 10.5. The van der Waals surface area contributed by atoms with Crippen LogP contribution in [0.15, 0.2) is 47.4 Å². The van der Waals surface area contributed by atoms with E-state index >= 15 is 0 Å². The van der Waals surface area contributed by atoms with E-state index in [2.05, 4.69) is 10.0 Å². The molecule has 1 fully saturated rings. The van der Waals surface area contributed by atoms with E-state index < -0.39 is 27.9 Å². The molecule has 1 atom stereocenters. The summed E-state index contributed by atoms with van der Waals surface area (Å²) < 4.78 is 45.7. The molecule has 2 aromatic carbocycles. The van der Waals surface area contributed by atoms with Crippen LogP contribution in [-0.2, 0) is 19.6 Å². The zero-order chi connectivity index (χ0) is 21.2. The lowest BCUT2D eigenvalue weighted by molar-refractivity contribution is -0.129. The molecule has 1 saturated carbocycles. The molecule has 0 spiro atoms. The van der Waals surface area contributed by atoms with Crippen molar-refractivity contribution in [2.45, 2.75) is 43.7 Å². The van der Waals surface area contributed by atoms with Crippen molar-refractivity contribution in [2.75, 3.05) is 4.72 Å². The number of anilines is 1. The third-order valence-corrected chi connectivity index (χ3v) is 5.79. The Hall–Kier alpha value is -2.94. The van der Waals surface area contributed by atoms with Crippen molar-refractivity contribution in [1.29, 1.82) is 0 Å². The van der Waals surface area contributed by atoms with Gasteiger partial charge in [-0.2, -0.15) is 0 Å². The molecule has 1 amide bonds. The number of ether oxygens (including phenoxy) is 1. The summed E-state index contributed by atoms with van der Waals surface area (Å²) in [5, 5.41) is 2.74. The Kier molecular flexibility index (Phi) is 5.88. The van der Waals surface area contributed by atoms with Gasteiger partial charge in [0.2, 0.25) is 0 Å². The molecule has 29 heavy (non-hydrogen) atoms. The average Bonchev–Trinajstić information content (AvgIpc) is 3.47. The van der Waals surface area contributed by atoms with E-state index in [1.54, 1.807) is 6.92 Å². The van der Waals surface area contributed by atoms with Crippen LogP contribution in [0.3, 0.4) is 0 Å². The van der Waals surface area contributed by atoms with Gasteiger partial charge in [-0.3, -0.25) is 9.52 Å². The summed E-state index contributed by atoms with van der Waals surface area (Å²) in [4.78, 5) is 24.3. The Morgan fingerprint density at radius 3 is 2.41 bits per heavy atom. The predicted molar refractivity (Wildman–Crippen MR) is 104 cm³/mol. The van der Waals surface area contributed by atoms with Gasteiger partial charge in [-0.05, 0) is 68.7 Å². The van der Waals surface area contributed by atoms with Crippen LogP contribution in [0.25, 0.3) is 0 Å². The maximum atomic E-state index is 13.0. The molecule has 2 N–H and O–H groups in total. The number of benzene rings is 2. The Labute approximate surface area is 168 Å². The molecule has 3 rings (SSSR count). The van der Waals surface area contributed by atoms with Crippen LogP contribution in [0.1, 0.15) is 35.7 Å². The summed E-state index contributed by atoms with van der Waals surface area (Å²) in [6.07, 6.45) is 0.818. The zero-order valence-corrected chi connectivity index (χ0v) is 16.8. The molecule has 0 bridgehead atoms. The maximum absolute atomic E-state index is 13.0. The van der Waals surface area contributed by atoms with Crippen molar-refractivity contribution >= 4 is 27.6 Å². The van der Waals surface area contributed by atoms with E-state index in [-0.39, 0.29) is 28.1 Å². The highest BCUT2D eigenvalue weighted by Crippen LogP contribution is 2.21. The summed E-state index contributed by atoms with van der Waals surface area (Å²) in [5.41, 5.74) is 0.727. The molecule has 2 aromatic rings. The average molecular weight is 420 g/mol. The molecule has 1 aliphatic carbocycles. The SMILES string of the molecule is Cc1ccc(S(=O)(=O)Nc2ccc(F)cc2)cc1C(=O)O[C@H](C)C(=O)NC1CC1. The van der Waals surface area contributed by atoms with Gasteiger partial charge in [0, 0.05) is 11.7 Å². The number of halogens is 1. The number of nitrogens with one attached hydrogen (secondary N) is 2. The monoisotopic (exact) mass is 420 g/mol. The first kappa shape index (κ1) is 20.8. The topological polar surface area (TPSA) is 102 Å². The minimum atomic E-state index is -4.01. The van der Waals surface area contributed by atoms with E-state index in [0.717, 1.165) is 25.0 Å². The van der Waals surface area contributed by atoms with Gasteiger partial charge < -0.3 is 10.1 Å². The number of rotatable bonds is 7. The van der Waals surface area contributed by atoms with Crippen LogP contribution in [0, 0.1) is 12.7 Å². The fourth-order valence-electron chi connectivity index (χ4n) is 2.54. The van der Waals surface area contributed by atoms with Gasteiger partial charge in [0.15, 0.2) is 6.10 Å². The largest absolute Gasteiger partial charge is 0.449 e. The van der Waals surface area contributed by atoms with E-state index in [0.29, 0.717) is 5.56 Å². The molecular formula is C20H21FN2O5S. The number of carbonyl (C=O) groups is 2. The number of hydrogen-bond acceptors (Lipinski definition) is 5. The Morgan fingerprint density at radius 2 is 1.79 bits per heavy atom. The van der Waals surface area contributed by atoms with E-state index in [1.807, 2.05) is 0 Å². The van der Waals surface area contributed by atoms with E-state index in [4.69, 9.17) is 4.74 Å². The molecule has 0 aromatic heterocycles. The van der Waals surface area contributed by atoms with Gasteiger partial charge in [-0.1, -0.05) is 6.07 Å². The number of amides is 1. The van der Waals surface area contributed by atoms with Crippen LogP contribution >= 0.6 is 0 Å². The standard InChI is InChI=1S/C20H21FN2O5S/c1-12-3-10-17(29(26,27)23-16-6-4-14(21)5-7-16)11-18(12)20(25)28-13(2)19(24)22-15-8-9-15/h3-7,10-11,13,15,23H,8-9H2,1-2H3,(H,22,24)/t13-/m1/s1. The summed E-state index contributed by atoms with van der Waals surface area (Å²) in [6.45, 7) is 3.09. The number of carbonyl (C=O) groups excluding carboxylic acids is 2. The summed E-state index contributed by atoms with van der Waals surface area (Å²) in [7, 11) is -4.01. The predicted octanol–water partition coefficient (Wildman–Crippen LogP) is 2.76. The van der Waals surface area contributed by atoms with Gasteiger partial charge in [-0.25, -0.2) is 17.6 Å². The second-order valence-corrected chi connectivity index (χ2v) is 8.60. The van der Waals surface area contributed by atoms with E-state index in [9.17, 15) is 22.4 Å². The minimum Gasteiger partial charge on any atom is -0.449 e. The quantitative estimate of drug-likeness (QED) is 0.671. The smallest absolute Gasteiger partial charge is 0.339 e. The molecule has 1 aliphatic rings. The van der Waals surface area contributed by atoms with Crippen molar-refractivity contribution in [3.8, 4) is 0 Å². The van der Waals surface area contributed by atoms with Crippen LogP contribution in [0.4, 0.5) is 10.1 Å². The fraction of sp³-hybridized carbons (Fsp3) is 0.300. The zero-order valence-electron chi connectivity index (χ0n) is 15.9. The molecule has 0 heterocycles.